The molecular formula is C14H17N3O2. The van der Waals surface area contributed by atoms with Gasteiger partial charge in [-0.1, -0.05) is 22.9 Å². The number of nitrogens with zero attached hydrogens (tertiary/aromatic N) is 2. The maximum atomic E-state index is 8.77. The highest BCUT2D eigenvalue weighted by Crippen LogP contribution is 2.21. The first-order valence-electron chi connectivity index (χ1n) is 5.92. The predicted octanol–water partition coefficient (Wildman–Crippen LogP) is 1.95. The fraction of sp³-hybridized carbons (Fsp3) is 0.214. The molecule has 0 saturated heterocycles. The minimum absolute atomic E-state index is 0.0941. The van der Waals surface area contributed by atoms with Gasteiger partial charge >= 0.3 is 0 Å². The molecule has 0 saturated carbocycles. The summed E-state index contributed by atoms with van der Waals surface area (Å²) in [5, 5.41) is 11.8. The van der Waals surface area contributed by atoms with Gasteiger partial charge in [0.1, 0.15) is 5.75 Å². The average Bonchev–Trinajstić information content (AvgIpc) is 2.86. The molecule has 100 valence electrons. The van der Waals surface area contributed by atoms with Gasteiger partial charge in [-0.05, 0) is 25.1 Å². The third-order valence-corrected chi connectivity index (χ3v) is 2.98. The van der Waals surface area contributed by atoms with E-state index in [1.54, 1.807) is 13.2 Å². The number of aromatic nitrogens is 1. The van der Waals surface area contributed by atoms with E-state index in [0.29, 0.717) is 12.2 Å². The van der Waals surface area contributed by atoms with Crippen molar-refractivity contribution in [2.45, 2.75) is 13.5 Å². The van der Waals surface area contributed by atoms with Gasteiger partial charge in [0.25, 0.3) is 0 Å². The zero-order valence-corrected chi connectivity index (χ0v) is 11.0. The molecule has 0 spiro atoms. The number of hydrogen-bond acceptors (Lipinski definition) is 3. The normalized spacial score (nSPS) is 11.6. The van der Waals surface area contributed by atoms with Gasteiger partial charge in [0.15, 0.2) is 5.84 Å². The van der Waals surface area contributed by atoms with Crippen molar-refractivity contribution >= 4 is 5.84 Å². The molecule has 0 radical (unpaired) electrons. The van der Waals surface area contributed by atoms with Crippen molar-refractivity contribution in [3.63, 3.8) is 0 Å². The second-order valence-corrected chi connectivity index (χ2v) is 4.32. The number of aryl methyl sites for hydroxylation is 1. The Bertz CT molecular complexity index is 602. The lowest BCUT2D eigenvalue weighted by atomic mass is 10.1. The second kappa shape index (κ2) is 5.48. The molecule has 5 heteroatoms. The van der Waals surface area contributed by atoms with E-state index in [-0.39, 0.29) is 5.84 Å². The van der Waals surface area contributed by atoms with Crippen LogP contribution in [-0.2, 0) is 6.54 Å². The summed E-state index contributed by atoms with van der Waals surface area (Å²) in [6.07, 6.45) is 1.88. The maximum absolute atomic E-state index is 8.77. The van der Waals surface area contributed by atoms with Crippen molar-refractivity contribution in [1.29, 1.82) is 0 Å². The summed E-state index contributed by atoms with van der Waals surface area (Å²) in [6.45, 7) is 2.63. The Morgan fingerprint density at radius 3 is 2.89 bits per heavy atom. The number of amidine groups is 1. The highest BCUT2D eigenvalue weighted by atomic mass is 16.5. The van der Waals surface area contributed by atoms with Crippen molar-refractivity contribution in [3.8, 4) is 5.75 Å². The molecule has 0 aliphatic rings. The van der Waals surface area contributed by atoms with Gasteiger partial charge in [-0.15, -0.1) is 0 Å². The molecule has 0 fully saturated rings. The lowest BCUT2D eigenvalue weighted by molar-refractivity contribution is 0.318. The Labute approximate surface area is 111 Å². The monoisotopic (exact) mass is 259 g/mol. The lowest BCUT2D eigenvalue weighted by Gasteiger charge is -2.12. The van der Waals surface area contributed by atoms with E-state index in [2.05, 4.69) is 11.2 Å². The van der Waals surface area contributed by atoms with Crippen molar-refractivity contribution in [2.75, 3.05) is 7.11 Å². The maximum Gasteiger partial charge on any atom is 0.186 e. The summed E-state index contributed by atoms with van der Waals surface area (Å²) in [5.41, 5.74) is 8.52. The average molecular weight is 259 g/mol. The molecule has 0 aliphatic carbocycles. The summed E-state index contributed by atoms with van der Waals surface area (Å²) in [6, 6.07) is 9.67. The molecule has 19 heavy (non-hydrogen) atoms. The Hall–Kier alpha value is -2.43. The first-order valence-corrected chi connectivity index (χ1v) is 5.92. The summed E-state index contributed by atoms with van der Waals surface area (Å²) >= 11 is 0. The van der Waals surface area contributed by atoms with Crippen molar-refractivity contribution in [3.05, 3.63) is 53.3 Å². The number of hydrogen-bond donors (Lipinski definition) is 2. The van der Waals surface area contributed by atoms with Gasteiger partial charge in [0.2, 0.25) is 0 Å². The molecule has 3 N–H and O–H groups in total. The standard InChI is InChI=1S/C14H17N3O2/c1-10-5-6-13(19-2)11(8-10)9-17-7-3-4-12(17)14(15)16-18/h3-8,18H,9H2,1-2H3,(H2,15,16). The molecule has 0 amide bonds. The molecule has 2 aromatic rings. The van der Waals surface area contributed by atoms with E-state index in [1.807, 2.05) is 35.9 Å². The van der Waals surface area contributed by atoms with Crippen LogP contribution in [0.2, 0.25) is 0 Å². The molecule has 5 nitrogen and oxygen atoms in total. The molecule has 0 atom stereocenters. The van der Waals surface area contributed by atoms with Gasteiger partial charge in [0, 0.05) is 11.8 Å². The van der Waals surface area contributed by atoms with Crippen LogP contribution in [-0.4, -0.2) is 22.7 Å². The van der Waals surface area contributed by atoms with Crippen LogP contribution >= 0.6 is 0 Å². The molecule has 0 aliphatic heterocycles. The minimum atomic E-state index is 0.0941. The SMILES string of the molecule is COc1ccc(C)cc1Cn1cccc1/C(N)=N/O. The topological polar surface area (TPSA) is 72.8 Å². The second-order valence-electron chi connectivity index (χ2n) is 4.32. The van der Waals surface area contributed by atoms with E-state index >= 15 is 0 Å². The van der Waals surface area contributed by atoms with E-state index in [4.69, 9.17) is 15.7 Å². The van der Waals surface area contributed by atoms with Gasteiger partial charge in [-0.2, -0.15) is 0 Å². The first kappa shape index (κ1) is 13.0. The van der Waals surface area contributed by atoms with E-state index in [9.17, 15) is 0 Å². The molecule has 1 aromatic carbocycles. The van der Waals surface area contributed by atoms with E-state index < -0.39 is 0 Å². The third-order valence-electron chi connectivity index (χ3n) is 2.98. The number of oxime groups is 1. The summed E-state index contributed by atoms with van der Waals surface area (Å²) in [7, 11) is 1.65. The lowest BCUT2D eigenvalue weighted by Crippen LogP contribution is -2.18. The van der Waals surface area contributed by atoms with Crippen LogP contribution in [0.15, 0.2) is 41.7 Å². The van der Waals surface area contributed by atoms with Crippen molar-refractivity contribution in [2.24, 2.45) is 10.9 Å². The van der Waals surface area contributed by atoms with Gasteiger partial charge < -0.3 is 20.2 Å². The van der Waals surface area contributed by atoms with Crippen molar-refractivity contribution in [1.82, 2.24) is 4.57 Å². The van der Waals surface area contributed by atoms with Crippen LogP contribution in [0.3, 0.4) is 0 Å². The number of ether oxygens (including phenoxy) is 1. The molecule has 0 unspecified atom stereocenters. The van der Waals surface area contributed by atoms with E-state index in [1.165, 1.54) is 0 Å². The summed E-state index contributed by atoms with van der Waals surface area (Å²) in [5.74, 6) is 0.918. The fourth-order valence-electron chi connectivity index (χ4n) is 2.05. The van der Waals surface area contributed by atoms with Crippen LogP contribution in [0.1, 0.15) is 16.8 Å². The van der Waals surface area contributed by atoms with Crippen LogP contribution in [0, 0.1) is 6.92 Å². The molecule has 1 aromatic heterocycles. The van der Waals surface area contributed by atoms with Crippen LogP contribution in [0.4, 0.5) is 0 Å². The van der Waals surface area contributed by atoms with Crippen LogP contribution in [0.25, 0.3) is 0 Å². The summed E-state index contributed by atoms with van der Waals surface area (Å²) < 4.78 is 7.26. The first-order chi connectivity index (χ1) is 9.15. The van der Waals surface area contributed by atoms with Gasteiger partial charge in [0.05, 0.1) is 19.3 Å². The largest absolute Gasteiger partial charge is 0.496 e. The van der Waals surface area contributed by atoms with Crippen molar-refractivity contribution < 1.29 is 9.94 Å². The highest BCUT2D eigenvalue weighted by molar-refractivity contribution is 5.95. The molecule has 0 bridgehead atoms. The Kier molecular flexibility index (Phi) is 3.75. The third kappa shape index (κ3) is 2.70. The molecule has 1 heterocycles. The predicted molar refractivity (Wildman–Crippen MR) is 73.8 cm³/mol. The smallest absolute Gasteiger partial charge is 0.186 e. The Morgan fingerprint density at radius 2 is 2.21 bits per heavy atom. The van der Waals surface area contributed by atoms with Gasteiger partial charge in [-0.3, -0.25) is 0 Å². The number of nitrogens with two attached hydrogens (primary N) is 1. The Morgan fingerprint density at radius 1 is 1.42 bits per heavy atom. The molecule has 2 rings (SSSR count). The zero-order chi connectivity index (χ0) is 13.8. The minimum Gasteiger partial charge on any atom is -0.496 e. The van der Waals surface area contributed by atoms with E-state index in [0.717, 1.165) is 16.9 Å². The fourth-order valence-corrected chi connectivity index (χ4v) is 2.05. The molecular weight excluding hydrogens is 242 g/mol. The highest BCUT2D eigenvalue weighted by Gasteiger charge is 2.09. The summed E-state index contributed by atoms with van der Waals surface area (Å²) in [4.78, 5) is 0. The number of benzene rings is 1. The number of methoxy groups -OCH3 is 1. The van der Waals surface area contributed by atoms with Crippen LogP contribution < -0.4 is 10.5 Å². The van der Waals surface area contributed by atoms with Crippen LogP contribution in [0.5, 0.6) is 5.75 Å². The Balaban J connectivity index is 2.36. The van der Waals surface area contributed by atoms with Gasteiger partial charge in [-0.25, -0.2) is 0 Å². The number of rotatable bonds is 4. The zero-order valence-electron chi connectivity index (χ0n) is 11.0. The quantitative estimate of drug-likeness (QED) is 0.381.